The number of carbonyl (C=O) groups is 1. The van der Waals surface area contributed by atoms with Crippen LogP contribution < -0.4 is 19.5 Å². The van der Waals surface area contributed by atoms with Gasteiger partial charge < -0.3 is 19.5 Å². The molecule has 24 heavy (non-hydrogen) atoms. The Morgan fingerprint density at radius 3 is 2.33 bits per heavy atom. The Balaban J connectivity index is 1.93. The predicted octanol–water partition coefficient (Wildman–Crippen LogP) is 4.42. The number of hydrogen-bond donors (Lipinski definition) is 1. The number of halogens is 2. The molecule has 2 aromatic rings. The fraction of sp³-hybridized carbons (Fsp3) is 0.235. The van der Waals surface area contributed by atoms with Crippen LogP contribution in [0.1, 0.15) is 6.42 Å². The molecule has 128 valence electrons. The molecule has 0 spiro atoms. The fourth-order valence-electron chi connectivity index (χ4n) is 1.96. The van der Waals surface area contributed by atoms with Gasteiger partial charge in [-0.25, -0.2) is 0 Å². The van der Waals surface area contributed by atoms with Crippen LogP contribution in [-0.4, -0.2) is 26.7 Å². The van der Waals surface area contributed by atoms with Crippen molar-refractivity contribution in [2.45, 2.75) is 6.42 Å². The second kappa shape index (κ2) is 8.66. The number of hydrogen-bond acceptors (Lipinski definition) is 4. The average molecular weight is 370 g/mol. The van der Waals surface area contributed by atoms with Gasteiger partial charge in [-0.3, -0.25) is 4.79 Å². The standard InChI is InChI=1S/C17H17Cl2NO4/c1-22-15-10-14(16(23-2)9-13(15)19)20-17(21)7-8-24-12-5-3-11(18)4-6-12/h3-6,9-10H,7-8H2,1-2H3,(H,20,21). The van der Waals surface area contributed by atoms with E-state index < -0.39 is 0 Å². The summed E-state index contributed by atoms with van der Waals surface area (Å²) >= 11 is 11.8. The van der Waals surface area contributed by atoms with Crippen LogP contribution in [0.15, 0.2) is 36.4 Å². The third-order valence-electron chi connectivity index (χ3n) is 3.16. The summed E-state index contributed by atoms with van der Waals surface area (Å²) in [4.78, 5) is 12.1. The van der Waals surface area contributed by atoms with Gasteiger partial charge in [-0.15, -0.1) is 0 Å². The Bertz CT molecular complexity index is 704. The summed E-state index contributed by atoms with van der Waals surface area (Å²) in [5.41, 5.74) is 0.482. The second-order valence-electron chi connectivity index (χ2n) is 4.79. The first-order valence-corrected chi connectivity index (χ1v) is 7.89. The Morgan fingerprint density at radius 1 is 1.04 bits per heavy atom. The number of amides is 1. The first-order chi connectivity index (χ1) is 11.5. The molecule has 0 unspecified atom stereocenters. The van der Waals surface area contributed by atoms with Crippen LogP contribution in [0.25, 0.3) is 0 Å². The van der Waals surface area contributed by atoms with E-state index in [1.54, 1.807) is 36.4 Å². The van der Waals surface area contributed by atoms with Crippen molar-refractivity contribution < 1.29 is 19.0 Å². The van der Waals surface area contributed by atoms with E-state index in [1.807, 2.05) is 0 Å². The van der Waals surface area contributed by atoms with Crippen LogP contribution in [0.2, 0.25) is 10.0 Å². The van der Waals surface area contributed by atoms with Gasteiger partial charge in [-0.05, 0) is 24.3 Å². The summed E-state index contributed by atoms with van der Waals surface area (Å²) in [6.07, 6.45) is 0.177. The average Bonchev–Trinajstić information content (AvgIpc) is 2.57. The Morgan fingerprint density at radius 2 is 1.71 bits per heavy atom. The lowest BCUT2D eigenvalue weighted by molar-refractivity contribution is -0.116. The maximum atomic E-state index is 12.1. The smallest absolute Gasteiger partial charge is 0.227 e. The van der Waals surface area contributed by atoms with Gasteiger partial charge in [0.05, 0.1) is 38.0 Å². The Kier molecular flexibility index (Phi) is 6.58. The van der Waals surface area contributed by atoms with Crippen molar-refractivity contribution >= 4 is 34.8 Å². The van der Waals surface area contributed by atoms with Gasteiger partial charge in [0, 0.05) is 17.2 Å². The molecule has 0 aliphatic heterocycles. The first-order valence-electron chi connectivity index (χ1n) is 7.13. The molecule has 0 aromatic heterocycles. The molecular weight excluding hydrogens is 353 g/mol. The van der Waals surface area contributed by atoms with Gasteiger partial charge in [-0.1, -0.05) is 23.2 Å². The highest BCUT2D eigenvalue weighted by Gasteiger charge is 2.12. The number of rotatable bonds is 7. The normalized spacial score (nSPS) is 10.2. The Hall–Kier alpha value is -2.11. The van der Waals surface area contributed by atoms with E-state index in [2.05, 4.69) is 5.32 Å². The molecule has 5 nitrogen and oxygen atoms in total. The van der Waals surface area contributed by atoms with Crippen LogP contribution in [0, 0.1) is 0 Å². The van der Waals surface area contributed by atoms with Crippen molar-refractivity contribution in [2.24, 2.45) is 0 Å². The third kappa shape index (κ3) is 4.94. The summed E-state index contributed by atoms with van der Waals surface area (Å²) in [5, 5.41) is 3.78. The molecule has 0 fully saturated rings. The maximum Gasteiger partial charge on any atom is 0.227 e. The summed E-state index contributed by atoms with van der Waals surface area (Å²) in [7, 11) is 3.00. The molecule has 7 heteroatoms. The van der Waals surface area contributed by atoms with Gasteiger partial charge >= 0.3 is 0 Å². The summed E-state index contributed by atoms with van der Waals surface area (Å²) in [6, 6.07) is 10.1. The number of nitrogens with one attached hydrogen (secondary N) is 1. The van der Waals surface area contributed by atoms with E-state index in [9.17, 15) is 4.79 Å². The first kappa shape index (κ1) is 18.2. The molecule has 2 rings (SSSR count). The lowest BCUT2D eigenvalue weighted by Gasteiger charge is -2.13. The van der Waals surface area contributed by atoms with Gasteiger partial charge in [0.15, 0.2) is 0 Å². The Labute approximate surface area is 150 Å². The highest BCUT2D eigenvalue weighted by molar-refractivity contribution is 6.32. The van der Waals surface area contributed by atoms with Gasteiger partial charge in [0.2, 0.25) is 5.91 Å². The number of methoxy groups -OCH3 is 2. The summed E-state index contributed by atoms with van der Waals surface area (Å²) < 4.78 is 15.8. The summed E-state index contributed by atoms with van der Waals surface area (Å²) in [6.45, 7) is 0.237. The van der Waals surface area contributed by atoms with E-state index in [4.69, 9.17) is 37.4 Å². The van der Waals surface area contributed by atoms with Crippen molar-refractivity contribution in [1.82, 2.24) is 0 Å². The van der Waals surface area contributed by atoms with Crippen LogP contribution in [-0.2, 0) is 4.79 Å². The minimum absolute atomic E-state index is 0.177. The largest absolute Gasteiger partial charge is 0.495 e. The molecule has 0 aliphatic rings. The molecular formula is C17H17Cl2NO4. The highest BCUT2D eigenvalue weighted by atomic mass is 35.5. The zero-order valence-corrected chi connectivity index (χ0v) is 14.8. The molecule has 0 heterocycles. The van der Waals surface area contributed by atoms with E-state index in [-0.39, 0.29) is 18.9 Å². The summed E-state index contributed by atoms with van der Waals surface area (Å²) in [5.74, 6) is 1.34. The van der Waals surface area contributed by atoms with Crippen LogP contribution in [0.5, 0.6) is 17.2 Å². The number of anilines is 1. The van der Waals surface area contributed by atoms with E-state index in [1.165, 1.54) is 14.2 Å². The predicted molar refractivity (Wildman–Crippen MR) is 94.7 cm³/mol. The zero-order chi connectivity index (χ0) is 17.5. The number of benzene rings is 2. The van der Waals surface area contributed by atoms with Crippen LogP contribution >= 0.6 is 23.2 Å². The SMILES string of the molecule is COc1cc(NC(=O)CCOc2ccc(Cl)cc2)c(OC)cc1Cl. The molecule has 0 saturated carbocycles. The molecule has 0 radical (unpaired) electrons. The molecule has 1 amide bonds. The molecule has 0 aliphatic carbocycles. The lowest BCUT2D eigenvalue weighted by Crippen LogP contribution is -2.15. The van der Waals surface area contributed by atoms with Crippen molar-refractivity contribution in [3.05, 3.63) is 46.4 Å². The van der Waals surface area contributed by atoms with Crippen molar-refractivity contribution in [1.29, 1.82) is 0 Å². The maximum absolute atomic E-state index is 12.1. The number of ether oxygens (including phenoxy) is 3. The van der Waals surface area contributed by atoms with Gasteiger partial charge in [0.1, 0.15) is 17.2 Å². The second-order valence-corrected chi connectivity index (χ2v) is 5.63. The molecule has 1 N–H and O–H groups in total. The minimum Gasteiger partial charge on any atom is -0.495 e. The van der Waals surface area contributed by atoms with Crippen LogP contribution in [0.4, 0.5) is 5.69 Å². The van der Waals surface area contributed by atoms with E-state index in [0.717, 1.165) is 0 Å². The van der Waals surface area contributed by atoms with E-state index >= 15 is 0 Å². The third-order valence-corrected chi connectivity index (χ3v) is 3.71. The molecule has 0 atom stereocenters. The lowest BCUT2D eigenvalue weighted by atomic mass is 10.2. The topological polar surface area (TPSA) is 56.8 Å². The molecule has 2 aromatic carbocycles. The van der Waals surface area contributed by atoms with E-state index in [0.29, 0.717) is 33.0 Å². The molecule has 0 bridgehead atoms. The van der Waals surface area contributed by atoms with Crippen molar-refractivity contribution in [3.63, 3.8) is 0 Å². The molecule has 0 saturated heterocycles. The van der Waals surface area contributed by atoms with Crippen molar-refractivity contribution in [2.75, 3.05) is 26.1 Å². The van der Waals surface area contributed by atoms with Crippen LogP contribution in [0.3, 0.4) is 0 Å². The fourth-order valence-corrected chi connectivity index (χ4v) is 2.32. The minimum atomic E-state index is -0.216. The van der Waals surface area contributed by atoms with Gasteiger partial charge in [-0.2, -0.15) is 0 Å². The van der Waals surface area contributed by atoms with Crippen molar-refractivity contribution in [3.8, 4) is 17.2 Å². The zero-order valence-electron chi connectivity index (χ0n) is 13.3. The quantitative estimate of drug-likeness (QED) is 0.784. The monoisotopic (exact) mass is 369 g/mol. The van der Waals surface area contributed by atoms with Gasteiger partial charge in [0.25, 0.3) is 0 Å². The highest BCUT2D eigenvalue weighted by Crippen LogP contribution is 2.35. The number of carbonyl (C=O) groups excluding carboxylic acids is 1.